The summed E-state index contributed by atoms with van der Waals surface area (Å²) in [6.45, 7) is 7.60. The number of rotatable bonds is 9. The number of para-hydroxylation sites is 1. The van der Waals surface area contributed by atoms with Gasteiger partial charge in [-0.2, -0.15) is 4.98 Å². The lowest BCUT2D eigenvalue weighted by molar-refractivity contribution is 0.0952. The summed E-state index contributed by atoms with van der Waals surface area (Å²) in [6, 6.07) is 11.5. The van der Waals surface area contributed by atoms with Crippen molar-refractivity contribution in [3.8, 4) is 16.9 Å². The lowest BCUT2D eigenvalue weighted by Gasteiger charge is -2.16. The summed E-state index contributed by atoms with van der Waals surface area (Å²) < 4.78 is 30.6. The summed E-state index contributed by atoms with van der Waals surface area (Å²) in [5.74, 6) is -1.25. The molecular weight excluding hydrogens is 514 g/mol. The first kappa shape index (κ1) is 28.8. The van der Waals surface area contributed by atoms with Crippen LogP contribution in [0.1, 0.15) is 42.6 Å². The summed E-state index contributed by atoms with van der Waals surface area (Å²) in [7, 11) is 1.80. The van der Waals surface area contributed by atoms with Gasteiger partial charge in [-0.1, -0.05) is 26.0 Å². The highest BCUT2D eigenvalue weighted by Crippen LogP contribution is 2.32. The second-order valence-electron chi connectivity index (χ2n) is 9.42. The summed E-state index contributed by atoms with van der Waals surface area (Å²) in [4.78, 5) is 35.0. The lowest BCUT2D eigenvalue weighted by atomic mass is 9.99. The topological polar surface area (TPSA) is 101 Å². The fourth-order valence-corrected chi connectivity index (χ4v) is 4.30. The molecule has 2 aromatic heterocycles. The van der Waals surface area contributed by atoms with Crippen molar-refractivity contribution in [2.45, 2.75) is 33.6 Å². The van der Waals surface area contributed by atoms with Crippen LogP contribution < -0.4 is 21.5 Å². The number of anilines is 1. The predicted molar refractivity (Wildman–Crippen MR) is 154 cm³/mol. The number of likely N-dealkylation sites (N-methyl/N-ethyl adjacent to an activating group) is 1. The van der Waals surface area contributed by atoms with E-state index < -0.39 is 22.9 Å². The van der Waals surface area contributed by atoms with Gasteiger partial charge in [0.2, 0.25) is 5.95 Å². The van der Waals surface area contributed by atoms with E-state index in [0.29, 0.717) is 47.8 Å². The van der Waals surface area contributed by atoms with Gasteiger partial charge in [-0.05, 0) is 68.6 Å². The first-order chi connectivity index (χ1) is 19.4. The number of benzene rings is 2. The zero-order valence-corrected chi connectivity index (χ0v) is 23.1. The Hall–Kier alpha value is -4.18. The Bertz CT molecular complexity index is 1560. The number of nitrogens with one attached hydrogen (secondary N) is 3. The molecule has 0 atom stereocenters. The number of carbonyl (C=O) groups excluding carboxylic acids is 1. The van der Waals surface area contributed by atoms with Gasteiger partial charge in [0, 0.05) is 42.2 Å². The Kier molecular flexibility index (Phi) is 9.21. The van der Waals surface area contributed by atoms with Crippen LogP contribution in [0.25, 0.3) is 28.0 Å². The molecule has 2 heterocycles. The van der Waals surface area contributed by atoms with Crippen LogP contribution in [-0.2, 0) is 0 Å². The largest absolute Gasteiger partial charge is 0.353 e. The molecule has 2 aromatic carbocycles. The average molecular weight is 549 g/mol. The van der Waals surface area contributed by atoms with Crippen molar-refractivity contribution in [1.29, 1.82) is 0 Å². The maximum atomic E-state index is 14.8. The fourth-order valence-electron chi connectivity index (χ4n) is 4.30. The normalized spacial score (nSPS) is 12.6. The first-order valence-corrected chi connectivity index (χ1v) is 13.5. The number of aryl methyl sites for hydroxylation is 1. The van der Waals surface area contributed by atoms with Crippen LogP contribution in [-0.4, -0.2) is 47.1 Å². The SMILES string of the molecule is CC.CNCCNc1nc(-c2cc(C(=O)NCC3CC3)ccc2C)c2ccc(=O)n(-c3c(F)cccc3F)c2n1. The molecule has 0 unspecified atom stereocenters. The van der Waals surface area contributed by atoms with E-state index in [4.69, 9.17) is 4.98 Å². The molecule has 1 fully saturated rings. The van der Waals surface area contributed by atoms with Gasteiger partial charge in [-0.25, -0.2) is 13.8 Å². The second-order valence-corrected chi connectivity index (χ2v) is 9.42. The highest BCUT2D eigenvalue weighted by atomic mass is 19.1. The molecule has 4 aromatic rings. The fraction of sp³-hybridized carbons (Fsp3) is 0.333. The quantitative estimate of drug-likeness (QED) is 0.259. The van der Waals surface area contributed by atoms with Crippen LogP contribution >= 0.6 is 0 Å². The number of fused-ring (bicyclic) bond motifs is 1. The molecule has 8 nitrogen and oxygen atoms in total. The van der Waals surface area contributed by atoms with Crippen molar-refractivity contribution in [2.75, 3.05) is 32.0 Å². The summed E-state index contributed by atoms with van der Waals surface area (Å²) in [5, 5.41) is 9.50. The molecule has 40 heavy (non-hydrogen) atoms. The number of hydrogen-bond acceptors (Lipinski definition) is 6. The first-order valence-electron chi connectivity index (χ1n) is 13.5. The molecule has 1 saturated carbocycles. The maximum absolute atomic E-state index is 14.8. The maximum Gasteiger partial charge on any atom is 0.256 e. The average Bonchev–Trinajstić information content (AvgIpc) is 3.78. The van der Waals surface area contributed by atoms with Gasteiger partial charge >= 0.3 is 0 Å². The third kappa shape index (κ3) is 6.17. The van der Waals surface area contributed by atoms with E-state index in [1.54, 1.807) is 25.2 Å². The van der Waals surface area contributed by atoms with Gasteiger partial charge in [0.05, 0.1) is 5.69 Å². The van der Waals surface area contributed by atoms with E-state index >= 15 is 0 Å². The number of carbonyl (C=O) groups is 1. The molecule has 0 bridgehead atoms. The number of nitrogens with zero attached hydrogens (tertiary/aromatic N) is 3. The molecule has 3 N–H and O–H groups in total. The lowest BCUT2D eigenvalue weighted by Crippen LogP contribution is -2.25. The number of amides is 1. The minimum absolute atomic E-state index is 0.0430. The predicted octanol–water partition coefficient (Wildman–Crippen LogP) is 4.83. The number of pyridine rings is 1. The monoisotopic (exact) mass is 548 g/mol. The Morgan fingerprint density at radius 2 is 1.75 bits per heavy atom. The summed E-state index contributed by atoms with van der Waals surface area (Å²) in [6.07, 6.45) is 2.25. The second kappa shape index (κ2) is 12.8. The van der Waals surface area contributed by atoms with E-state index in [9.17, 15) is 18.4 Å². The highest BCUT2D eigenvalue weighted by molar-refractivity contribution is 5.98. The van der Waals surface area contributed by atoms with Crippen LogP contribution in [0.2, 0.25) is 0 Å². The van der Waals surface area contributed by atoms with Crippen LogP contribution in [0.15, 0.2) is 53.3 Å². The van der Waals surface area contributed by atoms with E-state index in [2.05, 4.69) is 20.9 Å². The van der Waals surface area contributed by atoms with E-state index in [0.717, 1.165) is 35.1 Å². The molecule has 10 heteroatoms. The Morgan fingerprint density at radius 3 is 2.42 bits per heavy atom. The molecule has 0 saturated heterocycles. The molecule has 0 spiro atoms. The minimum Gasteiger partial charge on any atom is -0.353 e. The zero-order valence-electron chi connectivity index (χ0n) is 23.1. The van der Waals surface area contributed by atoms with Gasteiger partial charge in [0.1, 0.15) is 17.3 Å². The number of halogens is 2. The Balaban J connectivity index is 0.00000181. The van der Waals surface area contributed by atoms with Crippen molar-refractivity contribution in [2.24, 2.45) is 5.92 Å². The van der Waals surface area contributed by atoms with Crippen molar-refractivity contribution < 1.29 is 13.6 Å². The summed E-state index contributed by atoms with van der Waals surface area (Å²) in [5.41, 5.74) is 1.27. The molecule has 1 amide bonds. The molecule has 1 aliphatic carbocycles. The molecule has 0 radical (unpaired) electrons. The van der Waals surface area contributed by atoms with Crippen LogP contribution in [0, 0.1) is 24.5 Å². The van der Waals surface area contributed by atoms with Crippen molar-refractivity contribution in [3.05, 3.63) is 81.6 Å². The zero-order chi connectivity index (χ0) is 28.8. The van der Waals surface area contributed by atoms with Gasteiger partial charge < -0.3 is 16.0 Å². The van der Waals surface area contributed by atoms with Crippen LogP contribution in [0.4, 0.5) is 14.7 Å². The standard InChI is InChI=1S/C28H28F2N6O2.C2H6/c1-16-6-9-18(27(38)33-15-17-7-8-17)14-20(16)24-19-10-11-23(37)36(25-21(29)4-3-5-22(25)30)26(19)35-28(34-24)32-13-12-31-2;1-2/h3-6,9-11,14,17,31H,7-8,12-13,15H2,1-2H3,(H,33,38)(H,32,34,35);1-2H3. The third-order valence-electron chi connectivity index (χ3n) is 6.57. The van der Waals surface area contributed by atoms with Gasteiger partial charge in [-0.3, -0.25) is 14.2 Å². The molecule has 1 aliphatic rings. The van der Waals surface area contributed by atoms with Gasteiger partial charge in [0.15, 0.2) is 5.65 Å². The third-order valence-corrected chi connectivity index (χ3v) is 6.57. The summed E-state index contributed by atoms with van der Waals surface area (Å²) >= 11 is 0. The Labute approximate surface area is 231 Å². The molecule has 210 valence electrons. The smallest absolute Gasteiger partial charge is 0.256 e. The van der Waals surface area contributed by atoms with E-state index in [-0.39, 0.29) is 17.5 Å². The molecule has 0 aliphatic heterocycles. The minimum atomic E-state index is -0.894. The highest BCUT2D eigenvalue weighted by Gasteiger charge is 2.23. The number of aromatic nitrogens is 3. The van der Waals surface area contributed by atoms with Crippen molar-refractivity contribution >= 4 is 22.9 Å². The van der Waals surface area contributed by atoms with Crippen molar-refractivity contribution in [1.82, 2.24) is 25.2 Å². The number of hydrogen-bond donors (Lipinski definition) is 3. The molecular formula is C30H34F2N6O2. The van der Waals surface area contributed by atoms with Crippen LogP contribution in [0.3, 0.4) is 0 Å². The van der Waals surface area contributed by atoms with E-state index in [1.807, 2.05) is 26.8 Å². The van der Waals surface area contributed by atoms with Gasteiger partial charge in [-0.15, -0.1) is 0 Å². The molecule has 5 rings (SSSR count). The van der Waals surface area contributed by atoms with Crippen LogP contribution in [0.5, 0.6) is 0 Å². The van der Waals surface area contributed by atoms with Gasteiger partial charge in [0.25, 0.3) is 11.5 Å². The van der Waals surface area contributed by atoms with Crippen molar-refractivity contribution in [3.63, 3.8) is 0 Å². The Morgan fingerprint density at radius 1 is 1.02 bits per heavy atom. The van der Waals surface area contributed by atoms with E-state index in [1.165, 1.54) is 12.1 Å².